The van der Waals surface area contributed by atoms with E-state index in [1.54, 1.807) is 0 Å². The summed E-state index contributed by atoms with van der Waals surface area (Å²) in [7, 11) is 0. The lowest BCUT2D eigenvalue weighted by Gasteiger charge is -2.18. The Balaban J connectivity index is 2.58. The van der Waals surface area contributed by atoms with Gasteiger partial charge in [-0.2, -0.15) is 0 Å². The number of alkyl halides is 1. The Morgan fingerprint density at radius 3 is 2.25 bits per heavy atom. The van der Waals surface area contributed by atoms with Gasteiger partial charge in [-0.25, -0.2) is 0 Å². The summed E-state index contributed by atoms with van der Waals surface area (Å²) < 4.78 is 4.48. The molecule has 1 saturated heterocycles. The number of aliphatic hydroxyl groups excluding tert-OH is 4. The summed E-state index contributed by atoms with van der Waals surface area (Å²) in [6.45, 7) is -0.488. The summed E-state index contributed by atoms with van der Waals surface area (Å²) in [6, 6.07) is 0. The molecule has 1 fully saturated rings. The highest BCUT2D eigenvalue weighted by atomic mass is 127. The lowest BCUT2D eigenvalue weighted by molar-refractivity contribution is -0.0700. The molecule has 0 aliphatic carbocycles. The number of halogens is 1. The van der Waals surface area contributed by atoms with E-state index < -0.39 is 35.1 Å². The van der Waals surface area contributed by atoms with Gasteiger partial charge >= 0.3 is 0 Å². The standard InChI is InChI=1S/C6H11IO5/c7-6-4(11)3(10)5(12-6)2(9)1-8/h2-6,8-11H,1H2/t2-,3-,4-,5+,6+/m1/s1. The Hall–Kier alpha value is 0.530. The normalized spacial score (nSPS) is 44.8. The van der Waals surface area contributed by atoms with E-state index >= 15 is 0 Å². The number of aliphatic hydroxyl groups is 4. The van der Waals surface area contributed by atoms with Crippen molar-refractivity contribution in [1.82, 2.24) is 0 Å². The van der Waals surface area contributed by atoms with Gasteiger partial charge in [-0.05, 0) is 22.6 Å². The number of hydrogen-bond acceptors (Lipinski definition) is 5. The third-order valence-corrected chi connectivity index (χ3v) is 2.84. The van der Waals surface area contributed by atoms with Crippen LogP contribution < -0.4 is 0 Å². The summed E-state index contributed by atoms with van der Waals surface area (Å²) in [5, 5.41) is 36.2. The molecule has 0 aromatic carbocycles. The van der Waals surface area contributed by atoms with Crippen molar-refractivity contribution >= 4 is 22.6 Å². The molecule has 0 radical (unpaired) electrons. The van der Waals surface area contributed by atoms with Gasteiger partial charge in [0.15, 0.2) is 0 Å². The number of ether oxygens (including phenoxy) is 1. The molecule has 4 N–H and O–H groups in total. The van der Waals surface area contributed by atoms with Crippen LogP contribution in [0.5, 0.6) is 0 Å². The quantitative estimate of drug-likeness (QED) is 0.357. The van der Waals surface area contributed by atoms with Crippen LogP contribution in [0.25, 0.3) is 0 Å². The van der Waals surface area contributed by atoms with Crippen LogP contribution >= 0.6 is 22.6 Å². The summed E-state index contributed by atoms with van der Waals surface area (Å²) in [5.74, 6) is 0. The topological polar surface area (TPSA) is 90.2 Å². The zero-order valence-electron chi connectivity index (χ0n) is 6.17. The Labute approximate surface area is 83.1 Å². The average Bonchev–Trinajstić information content (AvgIpc) is 2.32. The van der Waals surface area contributed by atoms with Gasteiger partial charge < -0.3 is 25.2 Å². The second kappa shape index (κ2) is 4.16. The first kappa shape index (κ1) is 10.6. The molecule has 6 heteroatoms. The highest BCUT2D eigenvalue weighted by Gasteiger charge is 2.44. The average molecular weight is 290 g/mol. The van der Waals surface area contributed by atoms with E-state index in [0.29, 0.717) is 0 Å². The van der Waals surface area contributed by atoms with E-state index in [9.17, 15) is 10.2 Å². The monoisotopic (exact) mass is 290 g/mol. The predicted octanol–water partition coefficient (Wildman–Crippen LogP) is -1.78. The van der Waals surface area contributed by atoms with E-state index in [2.05, 4.69) is 0 Å². The molecule has 0 spiro atoms. The van der Waals surface area contributed by atoms with Crippen LogP contribution in [0, 0.1) is 0 Å². The molecule has 0 unspecified atom stereocenters. The zero-order valence-corrected chi connectivity index (χ0v) is 8.33. The minimum Gasteiger partial charge on any atom is -0.394 e. The van der Waals surface area contributed by atoms with Gasteiger partial charge in [-0.3, -0.25) is 0 Å². The minimum absolute atomic E-state index is 0.488. The first-order valence-corrected chi connectivity index (χ1v) is 4.77. The third-order valence-electron chi connectivity index (χ3n) is 1.81. The molecule has 5 atom stereocenters. The summed E-state index contributed by atoms with van der Waals surface area (Å²) in [6.07, 6.45) is -4.17. The largest absolute Gasteiger partial charge is 0.394 e. The summed E-state index contributed by atoms with van der Waals surface area (Å²) >= 11 is 1.81. The van der Waals surface area contributed by atoms with E-state index in [1.165, 1.54) is 0 Å². The van der Waals surface area contributed by atoms with Gasteiger partial charge in [0.25, 0.3) is 0 Å². The van der Waals surface area contributed by atoms with Crippen molar-refractivity contribution in [2.45, 2.75) is 28.5 Å². The van der Waals surface area contributed by atoms with Crippen LogP contribution in [0.2, 0.25) is 0 Å². The molecule has 12 heavy (non-hydrogen) atoms. The highest BCUT2D eigenvalue weighted by Crippen LogP contribution is 2.27. The van der Waals surface area contributed by atoms with Gasteiger partial charge in [0.1, 0.15) is 28.5 Å². The number of rotatable bonds is 2. The molecule has 0 amide bonds. The van der Waals surface area contributed by atoms with Gasteiger partial charge in [-0.15, -0.1) is 0 Å². The fourth-order valence-corrected chi connectivity index (χ4v) is 1.85. The van der Waals surface area contributed by atoms with Crippen molar-refractivity contribution in [3.8, 4) is 0 Å². The minimum atomic E-state index is -1.14. The second-order valence-corrected chi connectivity index (χ2v) is 3.91. The third kappa shape index (κ3) is 1.88. The predicted molar refractivity (Wildman–Crippen MR) is 47.8 cm³/mol. The van der Waals surface area contributed by atoms with Crippen LogP contribution in [0.1, 0.15) is 0 Å². The Morgan fingerprint density at radius 2 is 1.92 bits per heavy atom. The maximum Gasteiger partial charge on any atom is 0.137 e. The smallest absolute Gasteiger partial charge is 0.137 e. The van der Waals surface area contributed by atoms with E-state index in [1.807, 2.05) is 22.6 Å². The number of hydrogen-bond donors (Lipinski definition) is 4. The van der Waals surface area contributed by atoms with E-state index in [-0.39, 0.29) is 0 Å². The molecule has 5 nitrogen and oxygen atoms in total. The van der Waals surface area contributed by atoms with Crippen LogP contribution in [0.3, 0.4) is 0 Å². The first-order chi connectivity index (χ1) is 5.57. The molecule has 1 heterocycles. The highest BCUT2D eigenvalue weighted by molar-refractivity contribution is 14.1. The maximum atomic E-state index is 9.28. The van der Waals surface area contributed by atoms with Crippen LogP contribution in [-0.2, 0) is 4.74 Å². The van der Waals surface area contributed by atoms with Crippen LogP contribution in [0.4, 0.5) is 0 Å². The van der Waals surface area contributed by atoms with Crippen molar-refractivity contribution in [2.24, 2.45) is 0 Å². The Bertz CT molecular complexity index is 155. The van der Waals surface area contributed by atoms with Crippen molar-refractivity contribution < 1.29 is 25.2 Å². The van der Waals surface area contributed by atoms with Gasteiger partial charge in [0.05, 0.1) is 6.61 Å². The lowest BCUT2D eigenvalue weighted by atomic mass is 10.1. The van der Waals surface area contributed by atoms with Gasteiger partial charge in [0.2, 0.25) is 0 Å². The fraction of sp³-hybridized carbons (Fsp3) is 1.00. The fourth-order valence-electron chi connectivity index (χ4n) is 1.08. The molecular weight excluding hydrogens is 279 g/mol. The van der Waals surface area contributed by atoms with Crippen LogP contribution in [-0.4, -0.2) is 55.6 Å². The first-order valence-electron chi connectivity index (χ1n) is 3.52. The van der Waals surface area contributed by atoms with Crippen molar-refractivity contribution in [3.63, 3.8) is 0 Å². The molecular formula is C6H11IO5. The van der Waals surface area contributed by atoms with Crippen molar-refractivity contribution in [1.29, 1.82) is 0 Å². The van der Waals surface area contributed by atoms with E-state index in [0.717, 1.165) is 0 Å². The molecule has 0 saturated carbocycles. The van der Waals surface area contributed by atoms with Crippen molar-refractivity contribution in [3.05, 3.63) is 0 Å². The molecule has 0 bridgehead atoms. The molecule has 72 valence electrons. The molecule has 0 aromatic rings. The lowest BCUT2D eigenvalue weighted by Crippen LogP contribution is -2.40. The molecule has 1 rings (SSSR count). The van der Waals surface area contributed by atoms with Crippen LogP contribution in [0.15, 0.2) is 0 Å². The second-order valence-electron chi connectivity index (χ2n) is 2.68. The maximum absolute atomic E-state index is 9.28. The van der Waals surface area contributed by atoms with Gasteiger partial charge in [-0.1, -0.05) is 0 Å². The zero-order chi connectivity index (χ0) is 9.30. The molecule has 1 aliphatic heterocycles. The van der Waals surface area contributed by atoms with E-state index in [4.69, 9.17) is 14.9 Å². The van der Waals surface area contributed by atoms with Gasteiger partial charge in [0, 0.05) is 0 Å². The SMILES string of the molecule is OC[C@@H](O)[C@@H]1O[C@H](I)[C@H](O)[C@H]1O. The summed E-state index contributed by atoms with van der Waals surface area (Å²) in [4.78, 5) is 0. The molecule has 0 aromatic heterocycles. The molecule has 1 aliphatic rings. The Kier molecular flexibility index (Phi) is 3.68. The Morgan fingerprint density at radius 1 is 1.33 bits per heavy atom. The van der Waals surface area contributed by atoms with Crippen molar-refractivity contribution in [2.75, 3.05) is 6.61 Å². The summed E-state index contributed by atoms with van der Waals surface area (Å²) in [5.41, 5.74) is 0.